The number of rotatable bonds is 6. The van der Waals surface area contributed by atoms with Gasteiger partial charge in [0.15, 0.2) is 0 Å². The average Bonchev–Trinajstić information content (AvgIpc) is 3.29. The number of nitrogens with zero attached hydrogens (tertiary/aromatic N) is 5. The summed E-state index contributed by atoms with van der Waals surface area (Å²) in [5, 5.41) is 4.27. The van der Waals surface area contributed by atoms with E-state index < -0.39 is 11.1 Å². The monoisotopic (exact) mass is 692 g/mol. The molecule has 1 saturated heterocycles. The lowest BCUT2D eigenvalue weighted by Crippen LogP contribution is -2.60. The maximum absolute atomic E-state index is 15.1. The third kappa shape index (κ3) is 6.59. The van der Waals surface area contributed by atoms with E-state index in [-0.39, 0.29) is 23.5 Å². The zero-order valence-corrected chi connectivity index (χ0v) is 30.6. The molecule has 3 heterocycles. The molecule has 2 aliphatic rings. The number of carbonyl (C=O) groups excluding carboxylic acids is 2. The van der Waals surface area contributed by atoms with E-state index in [1.165, 1.54) is 4.90 Å². The number of benzene rings is 2. The first-order valence-corrected chi connectivity index (χ1v) is 17.2. The molecule has 0 unspecified atom stereocenters. The molecular weight excluding hydrogens is 647 g/mol. The highest BCUT2D eigenvalue weighted by atomic mass is 35.5. The van der Waals surface area contributed by atoms with Crippen LogP contribution in [0, 0.1) is 0 Å². The number of pyridine rings is 1. The molecule has 0 spiro atoms. The highest BCUT2D eigenvalue weighted by Gasteiger charge is 2.60. The van der Waals surface area contributed by atoms with Crippen molar-refractivity contribution in [3.63, 3.8) is 0 Å². The van der Waals surface area contributed by atoms with Crippen molar-refractivity contribution in [3.05, 3.63) is 93.2 Å². The number of urea groups is 2. The van der Waals surface area contributed by atoms with Gasteiger partial charge in [0.1, 0.15) is 22.7 Å². The van der Waals surface area contributed by atoms with E-state index in [2.05, 4.69) is 39.9 Å². The Hall–Kier alpha value is -3.82. The molecule has 0 aliphatic carbocycles. The van der Waals surface area contributed by atoms with Crippen LogP contribution in [0.25, 0.3) is 0 Å². The van der Waals surface area contributed by atoms with E-state index in [0.717, 1.165) is 16.8 Å². The van der Waals surface area contributed by atoms with Gasteiger partial charge < -0.3 is 19.9 Å². The topological polar surface area (TPSA) is 90.4 Å². The summed E-state index contributed by atoms with van der Waals surface area (Å²) < 4.78 is 6.26. The third-order valence-electron chi connectivity index (χ3n) is 9.61. The molecule has 3 aromatic rings. The Balaban J connectivity index is 1.69. The van der Waals surface area contributed by atoms with E-state index in [1.807, 2.05) is 71.3 Å². The Bertz CT molecular complexity index is 1680. The molecule has 2 aliphatic heterocycles. The smallest absolute Gasteiger partial charge is 0.326 e. The molecule has 0 saturated carbocycles. The van der Waals surface area contributed by atoms with Crippen molar-refractivity contribution in [2.75, 3.05) is 33.8 Å². The number of aromatic nitrogens is 1. The van der Waals surface area contributed by atoms with Crippen molar-refractivity contribution < 1.29 is 14.3 Å². The van der Waals surface area contributed by atoms with Gasteiger partial charge in [-0.3, -0.25) is 14.9 Å². The van der Waals surface area contributed by atoms with Crippen LogP contribution in [-0.2, 0) is 16.5 Å². The quantitative estimate of drug-likeness (QED) is 0.285. The minimum Gasteiger partial charge on any atom is -0.493 e. The van der Waals surface area contributed by atoms with Crippen LogP contribution in [0.4, 0.5) is 9.59 Å². The highest BCUT2D eigenvalue weighted by Crippen LogP contribution is 2.54. The fourth-order valence-electron chi connectivity index (χ4n) is 6.52. The number of halogens is 2. The van der Waals surface area contributed by atoms with Crippen molar-refractivity contribution in [2.45, 2.75) is 76.9 Å². The van der Waals surface area contributed by atoms with Gasteiger partial charge in [-0.2, -0.15) is 0 Å². The second-order valence-electron chi connectivity index (χ2n) is 14.1. The molecule has 2 atom stereocenters. The molecule has 2 aromatic carbocycles. The van der Waals surface area contributed by atoms with Gasteiger partial charge in [-0.1, -0.05) is 68.2 Å². The Morgan fingerprint density at radius 1 is 0.979 bits per heavy atom. The summed E-state index contributed by atoms with van der Waals surface area (Å²) in [6, 6.07) is 16.8. The second kappa shape index (κ2) is 13.6. The molecule has 0 bridgehead atoms. The fraction of sp³-hybridized carbons (Fsp3) is 0.459. The van der Waals surface area contributed by atoms with Crippen molar-refractivity contribution in [1.82, 2.24) is 25.0 Å². The number of likely N-dealkylation sites (tertiary alicyclic amines) is 1. The molecule has 1 fully saturated rings. The third-order valence-corrected chi connectivity index (χ3v) is 10.1. The van der Waals surface area contributed by atoms with E-state index >= 15 is 4.79 Å². The standard InChI is InChI=1S/C37H46Cl2N6O3/c1-9-48-30-22-31(35(2,3)4)40-23-29(30)32-42-36(5,24-10-14-26(38)15-11-24)37(6,25-12-16-27(39)17-13-25)45(32)34(47)44-20-18-28(19-21-44)41-33(46)43(7)8/h10-17,22-23,28H,9,18-21H2,1-8H3,(H,41,46)/t36-,37+/m0/s1. The average molecular weight is 694 g/mol. The zero-order valence-electron chi connectivity index (χ0n) is 29.1. The molecule has 48 heavy (non-hydrogen) atoms. The Morgan fingerprint density at radius 2 is 1.54 bits per heavy atom. The van der Waals surface area contributed by atoms with Crippen LogP contribution >= 0.6 is 23.2 Å². The number of amides is 4. The van der Waals surface area contributed by atoms with Crippen molar-refractivity contribution in [3.8, 4) is 5.75 Å². The first kappa shape index (κ1) is 35.5. The van der Waals surface area contributed by atoms with Gasteiger partial charge in [0.25, 0.3) is 0 Å². The summed E-state index contributed by atoms with van der Waals surface area (Å²) in [7, 11) is 3.44. The molecule has 1 aromatic heterocycles. The van der Waals surface area contributed by atoms with Crippen LogP contribution in [0.2, 0.25) is 10.0 Å². The number of nitrogens with one attached hydrogen (secondary N) is 1. The number of aliphatic imine (C=N–C) groups is 1. The number of amidine groups is 1. The van der Waals surface area contributed by atoms with Gasteiger partial charge >= 0.3 is 12.1 Å². The molecular formula is C37H46Cl2N6O3. The van der Waals surface area contributed by atoms with E-state index in [1.54, 1.807) is 20.3 Å². The molecule has 4 amide bonds. The van der Waals surface area contributed by atoms with Crippen LogP contribution in [-0.4, -0.2) is 77.4 Å². The Morgan fingerprint density at radius 3 is 2.06 bits per heavy atom. The first-order chi connectivity index (χ1) is 22.6. The predicted molar refractivity (Wildman–Crippen MR) is 192 cm³/mol. The summed E-state index contributed by atoms with van der Waals surface area (Å²) in [6.07, 6.45) is 3.04. The van der Waals surface area contributed by atoms with Gasteiger partial charge in [0.05, 0.1) is 12.2 Å². The van der Waals surface area contributed by atoms with Gasteiger partial charge in [-0.05, 0) is 69.0 Å². The number of ether oxygens (including phenoxy) is 1. The molecule has 256 valence electrons. The summed E-state index contributed by atoms with van der Waals surface area (Å²) in [5.41, 5.74) is 1.03. The zero-order chi connectivity index (χ0) is 35.0. The van der Waals surface area contributed by atoms with Gasteiger partial charge in [0.2, 0.25) is 0 Å². The number of piperidine rings is 1. The molecule has 11 heteroatoms. The van der Waals surface area contributed by atoms with Crippen LogP contribution in [0.15, 0.2) is 65.8 Å². The van der Waals surface area contributed by atoms with E-state index in [0.29, 0.717) is 59.7 Å². The van der Waals surface area contributed by atoms with E-state index in [4.69, 9.17) is 37.9 Å². The number of carbonyl (C=O) groups is 2. The van der Waals surface area contributed by atoms with Crippen LogP contribution in [0.3, 0.4) is 0 Å². The summed E-state index contributed by atoms with van der Waals surface area (Å²) in [5.74, 6) is 1.08. The van der Waals surface area contributed by atoms with Gasteiger partial charge in [-0.15, -0.1) is 0 Å². The lowest BCUT2D eigenvalue weighted by molar-refractivity contribution is 0.0992. The Labute approximate surface area is 294 Å². The normalized spacial score (nSPS) is 21.6. The molecule has 0 radical (unpaired) electrons. The van der Waals surface area contributed by atoms with Crippen LogP contribution in [0.5, 0.6) is 5.75 Å². The maximum Gasteiger partial charge on any atom is 0.326 e. The minimum atomic E-state index is -1.03. The van der Waals surface area contributed by atoms with Gasteiger partial charge in [-0.25, -0.2) is 9.59 Å². The summed E-state index contributed by atoms with van der Waals surface area (Å²) in [6.45, 7) is 13.7. The SMILES string of the molecule is CCOc1cc(C(C)(C)C)ncc1C1=N[C@@](C)(c2ccc(Cl)cc2)[C@@](C)(c2ccc(Cl)cc2)N1C(=O)N1CCC(NC(=O)N(C)C)CC1. The lowest BCUT2D eigenvalue weighted by Gasteiger charge is -2.47. The summed E-state index contributed by atoms with van der Waals surface area (Å²) in [4.78, 5) is 43.0. The molecule has 5 rings (SSSR count). The van der Waals surface area contributed by atoms with Crippen LogP contribution < -0.4 is 10.1 Å². The lowest BCUT2D eigenvalue weighted by atomic mass is 9.71. The second-order valence-corrected chi connectivity index (χ2v) is 14.9. The molecule has 1 N–H and O–H groups in total. The molecule has 9 nitrogen and oxygen atoms in total. The van der Waals surface area contributed by atoms with E-state index in [9.17, 15) is 4.79 Å². The van der Waals surface area contributed by atoms with Crippen molar-refractivity contribution >= 4 is 41.1 Å². The van der Waals surface area contributed by atoms with Crippen molar-refractivity contribution in [2.24, 2.45) is 4.99 Å². The number of hydrogen-bond acceptors (Lipinski definition) is 5. The number of hydrogen-bond donors (Lipinski definition) is 1. The first-order valence-electron chi connectivity index (χ1n) is 16.4. The minimum absolute atomic E-state index is 0.0312. The maximum atomic E-state index is 15.1. The van der Waals surface area contributed by atoms with Crippen molar-refractivity contribution in [1.29, 1.82) is 0 Å². The van der Waals surface area contributed by atoms with Gasteiger partial charge in [0, 0.05) is 66.6 Å². The highest BCUT2D eigenvalue weighted by molar-refractivity contribution is 6.30. The Kier molecular flexibility index (Phi) is 10.0. The summed E-state index contributed by atoms with van der Waals surface area (Å²) >= 11 is 12.8. The predicted octanol–water partition coefficient (Wildman–Crippen LogP) is 7.83. The van der Waals surface area contributed by atoms with Crippen LogP contribution in [0.1, 0.15) is 76.8 Å². The largest absolute Gasteiger partial charge is 0.493 e. The fourth-order valence-corrected chi connectivity index (χ4v) is 6.77.